The molecule has 1 amide bonds. The number of thioether (sulfide) groups is 1. The monoisotopic (exact) mass is 479 g/mol. The number of hydrogen-bond acceptors (Lipinski definition) is 6. The van der Waals surface area contributed by atoms with E-state index >= 15 is 0 Å². The number of carbonyl (C=O) groups excluding carboxylic acids is 1. The first kappa shape index (κ1) is 22.5. The van der Waals surface area contributed by atoms with Gasteiger partial charge in [0.2, 0.25) is 5.91 Å². The second-order valence-electron chi connectivity index (χ2n) is 7.05. The van der Waals surface area contributed by atoms with Crippen molar-refractivity contribution in [1.82, 2.24) is 14.8 Å². The third-order valence-electron chi connectivity index (χ3n) is 4.78. The highest BCUT2D eigenvalue weighted by molar-refractivity contribution is 7.99. The molecule has 0 saturated heterocycles. The van der Waals surface area contributed by atoms with E-state index in [2.05, 4.69) is 15.5 Å². The molecule has 33 heavy (non-hydrogen) atoms. The molecular weight excluding hydrogens is 462 g/mol. The molecule has 0 radical (unpaired) electrons. The van der Waals surface area contributed by atoms with Crippen LogP contribution in [-0.2, 0) is 4.79 Å². The Balaban J connectivity index is 1.61. The molecule has 0 spiro atoms. The topological polar surface area (TPSA) is 103 Å². The van der Waals surface area contributed by atoms with Crippen molar-refractivity contribution in [3.05, 3.63) is 93.5 Å². The molecule has 0 aliphatic heterocycles. The second kappa shape index (κ2) is 9.85. The van der Waals surface area contributed by atoms with Crippen molar-refractivity contribution in [3.8, 4) is 17.1 Å². The number of amides is 1. The molecule has 1 N–H and O–H groups in total. The van der Waals surface area contributed by atoms with Gasteiger partial charge in [-0.05, 0) is 36.8 Å². The van der Waals surface area contributed by atoms with E-state index in [-0.39, 0.29) is 17.1 Å². The SMILES string of the molecule is Cc1ccc(-c2nnc(SCC(=O)Nc3ccccc3[N+](=O)[O-])n2-c2ccccc2)cc1Cl. The van der Waals surface area contributed by atoms with Gasteiger partial charge in [0.25, 0.3) is 5.69 Å². The van der Waals surface area contributed by atoms with Crippen LogP contribution >= 0.6 is 23.4 Å². The van der Waals surface area contributed by atoms with E-state index in [1.54, 1.807) is 12.1 Å². The maximum atomic E-state index is 12.5. The van der Waals surface area contributed by atoms with Gasteiger partial charge in [-0.15, -0.1) is 10.2 Å². The second-order valence-corrected chi connectivity index (χ2v) is 8.40. The summed E-state index contributed by atoms with van der Waals surface area (Å²) in [4.78, 5) is 23.2. The number of halogens is 1. The van der Waals surface area contributed by atoms with Crippen LogP contribution < -0.4 is 5.32 Å². The lowest BCUT2D eigenvalue weighted by molar-refractivity contribution is -0.383. The number of hydrogen-bond donors (Lipinski definition) is 1. The minimum absolute atomic E-state index is 0.00826. The van der Waals surface area contributed by atoms with Crippen molar-refractivity contribution >= 4 is 40.6 Å². The molecule has 10 heteroatoms. The molecule has 1 heterocycles. The first-order valence-electron chi connectivity index (χ1n) is 9.87. The van der Waals surface area contributed by atoms with Gasteiger partial charge in [0.1, 0.15) is 5.69 Å². The lowest BCUT2D eigenvalue weighted by atomic mass is 10.1. The predicted octanol–water partition coefficient (Wildman–Crippen LogP) is 5.54. The summed E-state index contributed by atoms with van der Waals surface area (Å²) in [6.07, 6.45) is 0. The number of nitro benzene ring substituents is 1. The Kier molecular flexibility index (Phi) is 6.71. The van der Waals surface area contributed by atoms with Crippen LogP contribution in [0.25, 0.3) is 17.1 Å². The highest BCUT2D eigenvalue weighted by atomic mass is 35.5. The van der Waals surface area contributed by atoms with Gasteiger partial charge < -0.3 is 5.32 Å². The van der Waals surface area contributed by atoms with E-state index in [0.717, 1.165) is 16.8 Å². The fraction of sp³-hybridized carbons (Fsp3) is 0.0870. The maximum absolute atomic E-state index is 12.5. The Morgan fingerprint density at radius 3 is 2.55 bits per heavy atom. The van der Waals surface area contributed by atoms with Crippen LogP contribution in [0.4, 0.5) is 11.4 Å². The molecular formula is C23H18ClN5O3S. The lowest BCUT2D eigenvalue weighted by Gasteiger charge is -2.11. The average Bonchev–Trinajstić information content (AvgIpc) is 3.24. The van der Waals surface area contributed by atoms with Gasteiger partial charge in [0, 0.05) is 22.3 Å². The zero-order chi connectivity index (χ0) is 23.4. The van der Waals surface area contributed by atoms with E-state index in [0.29, 0.717) is 16.0 Å². The van der Waals surface area contributed by atoms with E-state index in [1.807, 2.05) is 60.0 Å². The van der Waals surface area contributed by atoms with Gasteiger partial charge in [0.15, 0.2) is 11.0 Å². The Labute approximate surface area is 198 Å². The van der Waals surface area contributed by atoms with Crippen LogP contribution in [0, 0.1) is 17.0 Å². The minimum Gasteiger partial charge on any atom is -0.320 e. The third kappa shape index (κ3) is 5.05. The van der Waals surface area contributed by atoms with Crippen molar-refractivity contribution in [1.29, 1.82) is 0 Å². The van der Waals surface area contributed by atoms with Crippen molar-refractivity contribution in [2.75, 3.05) is 11.1 Å². The number of aromatic nitrogens is 3. The number of nitro groups is 1. The Morgan fingerprint density at radius 1 is 1.09 bits per heavy atom. The van der Waals surface area contributed by atoms with Crippen LogP contribution in [0.15, 0.2) is 78.0 Å². The lowest BCUT2D eigenvalue weighted by Crippen LogP contribution is -2.15. The smallest absolute Gasteiger partial charge is 0.292 e. The molecule has 1 aromatic heterocycles. The molecule has 4 rings (SSSR count). The molecule has 8 nitrogen and oxygen atoms in total. The van der Waals surface area contributed by atoms with Crippen molar-refractivity contribution < 1.29 is 9.72 Å². The number of rotatable bonds is 7. The van der Waals surface area contributed by atoms with E-state index in [4.69, 9.17) is 11.6 Å². The molecule has 0 unspecified atom stereocenters. The summed E-state index contributed by atoms with van der Waals surface area (Å²) in [5, 5.41) is 23.5. The zero-order valence-corrected chi connectivity index (χ0v) is 19.0. The van der Waals surface area contributed by atoms with Gasteiger partial charge >= 0.3 is 0 Å². The maximum Gasteiger partial charge on any atom is 0.292 e. The molecule has 0 aliphatic rings. The number of nitrogens with zero attached hydrogens (tertiary/aromatic N) is 4. The largest absolute Gasteiger partial charge is 0.320 e. The quantitative estimate of drug-likeness (QED) is 0.212. The standard InChI is InChI=1S/C23H18ClN5O3S/c1-15-11-12-16(13-18(15)24)22-26-27-23(28(22)17-7-3-2-4-8-17)33-14-21(30)25-19-9-5-6-10-20(19)29(31)32/h2-13H,14H2,1H3,(H,25,30). The number of carbonyl (C=O) groups is 1. The highest BCUT2D eigenvalue weighted by Gasteiger charge is 2.19. The summed E-state index contributed by atoms with van der Waals surface area (Å²) >= 11 is 7.50. The Bertz CT molecular complexity index is 1330. The van der Waals surface area contributed by atoms with Gasteiger partial charge in [-0.3, -0.25) is 19.5 Å². The van der Waals surface area contributed by atoms with Crippen LogP contribution in [-0.4, -0.2) is 31.3 Å². The molecule has 0 aliphatic carbocycles. The zero-order valence-electron chi connectivity index (χ0n) is 17.4. The molecule has 166 valence electrons. The van der Waals surface area contributed by atoms with Crippen molar-refractivity contribution in [2.24, 2.45) is 0 Å². The van der Waals surface area contributed by atoms with Gasteiger partial charge in [0.05, 0.1) is 10.7 Å². The Hall–Kier alpha value is -3.69. The first-order chi connectivity index (χ1) is 15.9. The average molecular weight is 480 g/mol. The van der Waals surface area contributed by atoms with Crippen LogP contribution in [0.1, 0.15) is 5.56 Å². The normalized spacial score (nSPS) is 10.7. The summed E-state index contributed by atoms with van der Waals surface area (Å²) in [7, 11) is 0. The summed E-state index contributed by atoms with van der Waals surface area (Å²) in [5.41, 5.74) is 2.55. The summed E-state index contributed by atoms with van der Waals surface area (Å²) in [6, 6.07) is 21.2. The fourth-order valence-electron chi connectivity index (χ4n) is 3.15. The number of nitrogens with one attached hydrogen (secondary N) is 1. The molecule has 0 saturated carbocycles. The first-order valence-corrected chi connectivity index (χ1v) is 11.2. The molecule has 3 aromatic carbocycles. The predicted molar refractivity (Wildman–Crippen MR) is 129 cm³/mol. The Morgan fingerprint density at radius 2 is 1.82 bits per heavy atom. The molecule has 0 atom stereocenters. The van der Waals surface area contributed by atoms with Crippen LogP contribution in [0.3, 0.4) is 0 Å². The molecule has 0 bridgehead atoms. The minimum atomic E-state index is -0.534. The van der Waals surface area contributed by atoms with Gasteiger partial charge in [-0.25, -0.2) is 0 Å². The van der Waals surface area contributed by atoms with E-state index < -0.39 is 10.8 Å². The summed E-state index contributed by atoms with van der Waals surface area (Å²) < 4.78 is 1.85. The van der Waals surface area contributed by atoms with Gasteiger partial charge in [-0.2, -0.15) is 0 Å². The molecule has 4 aromatic rings. The fourth-order valence-corrected chi connectivity index (χ4v) is 4.08. The summed E-state index contributed by atoms with van der Waals surface area (Å²) in [5.74, 6) is 0.188. The van der Waals surface area contributed by atoms with Gasteiger partial charge in [-0.1, -0.05) is 65.8 Å². The number of anilines is 1. The highest BCUT2D eigenvalue weighted by Crippen LogP contribution is 2.30. The summed E-state index contributed by atoms with van der Waals surface area (Å²) in [6.45, 7) is 1.92. The van der Waals surface area contributed by atoms with E-state index in [1.165, 1.54) is 23.9 Å². The van der Waals surface area contributed by atoms with Crippen molar-refractivity contribution in [3.63, 3.8) is 0 Å². The number of aryl methyl sites for hydroxylation is 1. The third-order valence-corrected chi connectivity index (χ3v) is 6.12. The number of para-hydroxylation sites is 3. The van der Waals surface area contributed by atoms with Crippen LogP contribution in [0.5, 0.6) is 0 Å². The van der Waals surface area contributed by atoms with E-state index in [9.17, 15) is 14.9 Å². The van der Waals surface area contributed by atoms with Crippen LogP contribution in [0.2, 0.25) is 5.02 Å². The van der Waals surface area contributed by atoms with Crippen molar-refractivity contribution in [2.45, 2.75) is 12.1 Å². The molecule has 0 fully saturated rings. The number of benzene rings is 3.